The zero-order valence-electron chi connectivity index (χ0n) is 27.3. The molecule has 0 radical (unpaired) electrons. The number of benzene rings is 2. The summed E-state index contributed by atoms with van der Waals surface area (Å²) >= 11 is 0. The average molecular weight is 638 g/mol. The number of ether oxygens (including phenoxy) is 4. The Morgan fingerprint density at radius 1 is 0.957 bits per heavy atom. The van der Waals surface area contributed by atoms with Gasteiger partial charge in [-0.3, -0.25) is 14.3 Å². The highest BCUT2D eigenvalue weighted by Crippen LogP contribution is 2.24. The maximum atomic E-state index is 13.5. The van der Waals surface area contributed by atoms with Gasteiger partial charge >= 0.3 is 12.1 Å². The van der Waals surface area contributed by atoms with Crippen LogP contribution in [-0.4, -0.2) is 71.2 Å². The van der Waals surface area contributed by atoms with Gasteiger partial charge in [0.15, 0.2) is 6.04 Å². The zero-order chi connectivity index (χ0) is 33.9. The normalized spacial score (nSPS) is 12.8. The summed E-state index contributed by atoms with van der Waals surface area (Å²) in [4.78, 5) is 52.1. The fourth-order valence-electron chi connectivity index (χ4n) is 4.18. The van der Waals surface area contributed by atoms with Crippen molar-refractivity contribution < 1.29 is 38.1 Å². The second kappa shape index (κ2) is 15.9. The smallest absolute Gasteiger partial charge is 0.408 e. The molecule has 0 spiro atoms. The molecule has 0 bridgehead atoms. The van der Waals surface area contributed by atoms with E-state index in [0.29, 0.717) is 11.3 Å². The summed E-state index contributed by atoms with van der Waals surface area (Å²) in [5, 5.41) is 12.2. The Labute approximate surface area is 268 Å². The lowest BCUT2D eigenvalue weighted by Gasteiger charge is -2.29. The molecule has 1 aromatic heterocycles. The van der Waals surface area contributed by atoms with Crippen LogP contribution in [0.1, 0.15) is 58.7 Å². The predicted octanol–water partition coefficient (Wildman–Crippen LogP) is 3.99. The van der Waals surface area contributed by atoms with E-state index in [4.69, 9.17) is 18.9 Å². The molecular weight excluding hydrogens is 594 g/mol. The number of aromatic nitrogens is 2. The molecular formula is C33H43N5O8. The molecule has 3 rings (SSSR count). The van der Waals surface area contributed by atoms with Crippen LogP contribution in [0.2, 0.25) is 0 Å². The molecule has 3 amide bonds. The number of nitrogens with one attached hydrogen (secondary N) is 3. The number of carbonyl (C=O) groups excluding carboxylic acids is 4. The van der Waals surface area contributed by atoms with Crippen LogP contribution in [-0.2, 0) is 35.2 Å². The maximum Gasteiger partial charge on any atom is 0.408 e. The summed E-state index contributed by atoms with van der Waals surface area (Å²) in [6.07, 6.45) is 2.08. The Morgan fingerprint density at radius 3 is 2.24 bits per heavy atom. The Kier molecular flexibility index (Phi) is 12.3. The maximum absolute atomic E-state index is 13.5. The van der Waals surface area contributed by atoms with Crippen LogP contribution < -0.4 is 20.7 Å². The Bertz CT molecular complexity index is 1470. The topological polar surface area (TPSA) is 159 Å². The molecule has 13 nitrogen and oxygen atoms in total. The van der Waals surface area contributed by atoms with Crippen molar-refractivity contribution in [3.05, 3.63) is 78.1 Å². The molecule has 0 aliphatic heterocycles. The van der Waals surface area contributed by atoms with Crippen LogP contribution in [0.25, 0.3) is 0 Å². The number of alkyl carbamates (subject to hydrolysis) is 1. The van der Waals surface area contributed by atoms with E-state index in [2.05, 4.69) is 21.0 Å². The van der Waals surface area contributed by atoms with E-state index >= 15 is 0 Å². The molecule has 2 atom stereocenters. The Balaban J connectivity index is 1.79. The molecule has 3 aromatic rings. The highest BCUT2D eigenvalue weighted by atomic mass is 16.6. The largest absolute Gasteiger partial charge is 0.497 e. The third-order valence-corrected chi connectivity index (χ3v) is 6.47. The van der Waals surface area contributed by atoms with Gasteiger partial charge in [0.1, 0.15) is 22.9 Å². The van der Waals surface area contributed by atoms with Crippen molar-refractivity contribution in [1.82, 2.24) is 20.4 Å². The average Bonchev–Trinajstić information content (AvgIpc) is 3.43. The van der Waals surface area contributed by atoms with Crippen molar-refractivity contribution >= 4 is 29.6 Å². The number of anilines is 1. The zero-order valence-corrected chi connectivity index (χ0v) is 27.3. The molecule has 1 unspecified atom stereocenters. The quantitative estimate of drug-likeness (QED) is 0.222. The summed E-state index contributed by atoms with van der Waals surface area (Å²) < 4.78 is 23.0. The van der Waals surface area contributed by atoms with Crippen molar-refractivity contribution in [3.8, 4) is 5.75 Å². The van der Waals surface area contributed by atoms with Crippen LogP contribution in [0, 0.1) is 0 Å². The van der Waals surface area contributed by atoms with Crippen molar-refractivity contribution in [2.24, 2.45) is 0 Å². The third kappa shape index (κ3) is 10.6. The minimum atomic E-state index is -1.43. The van der Waals surface area contributed by atoms with Crippen molar-refractivity contribution in [2.75, 3.05) is 25.6 Å². The van der Waals surface area contributed by atoms with E-state index < -0.39 is 47.1 Å². The fourth-order valence-corrected chi connectivity index (χ4v) is 4.18. The highest BCUT2D eigenvalue weighted by Gasteiger charge is 2.35. The van der Waals surface area contributed by atoms with Crippen molar-refractivity contribution in [3.63, 3.8) is 0 Å². The second-order valence-electron chi connectivity index (χ2n) is 11.9. The first-order valence-electron chi connectivity index (χ1n) is 14.8. The SMILES string of the molecule is CCOC(=O)C(c1ccc(OC)cc1)n1cc(NC(=O)[C@@H](COCc2ccccc2)NC(=O)C(C)(C)NC(=O)OC(C)(C)C)cn1. The molecule has 2 aromatic carbocycles. The van der Waals surface area contributed by atoms with Crippen molar-refractivity contribution in [2.45, 2.75) is 71.4 Å². The molecule has 46 heavy (non-hydrogen) atoms. The van der Waals surface area contributed by atoms with E-state index in [0.717, 1.165) is 5.56 Å². The molecule has 0 saturated heterocycles. The minimum absolute atomic E-state index is 0.167. The lowest BCUT2D eigenvalue weighted by Crippen LogP contribution is -2.59. The number of methoxy groups -OCH3 is 1. The highest BCUT2D eigenvalue weighted by molar-refractivity contribution is 5.99. The lowest BCUT2D eigenvalue weighted by atomic mass is 10.0. The lowest BCUT2D eigenvalue weighted by molar-refractivity contribution is -0.146. The number of esters is 1. The molecule has 13 heteroatoms. The minimum Gasteiger partial charge on any atom is -0.497 e. The van der Waals surface area contributed by atoms with Gasteiger partial charge in [0.05, 0.1) is 38.8 Å². The van der Waals surface area contributed by atoms with Gasteiger partial charge in [0.25, 0.3) is 0 Å². The molecule has 0 saturated carbocycles. The fraction of sp³-hybridized carbons (Fsp3) is 0.424. The van der Waals surface area contributed by atoms with E-state index in [1.165, 1.54) is 30.9 Å². The molecule has 248 valence electrons. The number of rotatable bonds is 14. The second-order valence-corrected chi connectivity index (χ2v) is 11.9. The molecule has 1 heterocycles. The number of carbonyl (C=O) groups is 4. The van der Waals surface area contributed by atoms with Gasteiger partial charge in [-0.25, -0.2) is 9.59 Å². The van der Waals surface area contributed by atoms with Crippen LogP contribution in [0.5, 0.6) is 5.75 Å². The van der Waals surface area contributed by atoms with Gasteiger partial charge in [0, 0.05) is 6.20 Å². The standard InChI is InChI=1S/C33H43N5O8/c1-8-45-29(40)27(23-14-16-25(43-7)17-15-23)38-19-24(18-34-38)35-28(39)26(21-44-20-22-12-10-9-11-13-22)36-30(41)33(5,6)37-31(42)46-32(2,3)4/h9-19,26-27H,8,20-21H2,1-7H3,(H,35,39)(H,36,41)(H,37,42)/t26-,27?/m1/s1. The van der Waals surface area contributed by atoms with Crippen LogP contribution in [0.3, 0.4) is 0 Å². The van der Waals surface area contributed by atoms with Crippen molar-refractivity contribution in [1.29, 1.82) is 0 Å². The summed E-state index contributed by atoms with van der Waals surface area (Å²) in [5.74, 6) is -1.16. The van der Waals surface area contributed by atoms with Gasteiger partial charge in [-0.2, -0.15) is 5.10 Å². The predicted molar refractivity (Wildman–Crippen MR) is 170 cm³/mol. The Morgan fingerprint density at radius 2 is 1.63 bits per heavy atom. The number of hydrogen-bond donors (Lipinski definition) is 3. The monoisotopic (exact) mass is 637 g/mol. The van der Waals surface area contributed by atoms with Gasteiger partial charge in [-0.15, -0.1) is 0 Å². The van der Waals surface area contributed by atoms with E-state index in [9.17, 15) is 19.2 Å². The summed E-state index contributed by atoms with van der Waals surface area (Å²) in [6.45, 7) is 9.99. The van der Waals surface area contributed by atoms with Gasteiger partial charge in [-0.1, -0.05) is 42.5 Å². The summed E-state index contributed by atoms with van der Waals surface area (Å²) in [7, 11) is 1.54. The number of amides is 3. The summed E-state index contributed by atoms with van der Waals surface area (Å²) in [6, 6.07) is 14.1. The van der Waals surface area contributed by atoms with Crippen LogP contribution in [0.15, 0.2) is 67.0 Å². The molecule has 0 aliphatic carbocycles. The Hall–Kier alpha value is -4.91. The first-order valence-corrected chi connectivity index (χ1v) is 14.8. The van der Waals surface area contributed by atoms with Gasteiger partial charge in [-0.05, 0) is 64.8 Å². The van der Waals surface area contributed by atoms with Gasteiger partial charge in [0.2, 0.25) is 11.8 Å². The van der Waals surface area contributed by atoms with E-state index in [1.807, 2.05) is 30.3 Å². The first-order chi connectivity index (χ1) is 21.7. The summed E-state index contributed by atoms with van der Waals surface area (Å²) in [5.41, 5.74) is -0.462. The molecule has 0 aliphatic rings. The molecule has 3 N–H and O–H groups in total. The van der Waals surface area contributed by atoms with Crippen LogP contribution >= 0.6 is 0 Å². The third-order valence-electron chi connectivity index (χ3n) is 6.47. The molecule has 0 fully saturated rings. The van der Waals surface area contributed by atoms with Crippen LogP contribution in [0.4, 0.5) is 10.5 Å². The van der Waals surface area contributed by atoms with E-state index in [1.54, 1.807) is 59.1 Å². The van der Waals surface area contributed by atoms with E-state index in [-0.39, 0.29) is 25.5 Å². The number of hydrogen-bond acceptors (Lipinski definition) is 9. The van der Waals surface area contributed by atoms with Gasteiger partial charge < -0.3 is 34.9 Å². The number of nitrogens with zero attached hydrogens (tertiary/aromatic N) is 2. The first kappa shape index (κ1) is 35.6.